The highest BCUT2D eigenvalue weighted by Crippen LogP contribution is 2.38. The van der Waals surface area contributed by atoms with E-state index in [4.69, 9.17) is 18.5 Å². The number of esters is 2. The first-order valence-corrected chi connectivity index (χ1v) is 27.7. The number of carbonyl (C=O) groups is 2. The van der Waals surface area contributed by atoms with Gasteiger partial charge in [-0.15, -0.1) is 0 Å². The first-order valence-electron chi connectivity index (χ1n) is 26.2. The number of hydrogen-bond acceptors (Lipinski definition) is 8. The second-order valence-electron chi connectivity index (χ2n) is 18.9. The molecule has 0 radical (unpaired) electrons. The summed E-state index contributed by atoms with van der Waals surface area (Å²) in [5, 5.41) is 0. The van der Waals surface area contributed by atoms with Crippen LogP contribution in [0.3, 0.4) is 0 Å². The SMILES string of the molecule is CCCCCCCC/C=C/C/C=C/C/C=C/CCCC(=O)OC[C@H](COP(=O)([O-])OCC[N+](C)(C)C)OC(=O)CCCCCCCCCCCCCCCCCCCCCCCC. The van der Waals surface area contributed by atoms with Crippen LogP contribution < -0.4 is 4.89 Å². The number of nitrogens with zero attached hydrogens (tertiary/aromatic N) is 1. The zero-order valence-corrected chi connectivity index (χ0v) is 42.7. The van der Waals surface area contributed by atoms with Crippen molar-refractivity contribution in [1.82, 2.24) is 0 Å². The van der Waals surface area contributed by atoms with Crippen LogP contribution in [0.5, 0.6) is 0 Å². The fourth-order valence-corrected chi connectivity index (χ4v) is 8.05. The van der Waals surface area contributed by atoms with Crippen molar-refractivity contribution in [1.29, 1.82) is 0 Å². The minimum absolute atomic E-state index is 0.0370. The predicted molar refractivity (Wildman–Crippen MR) is 264 cm³/mol. The van der Waals surface area contributed by atoms with Gasteiger partial charge in [-0.05, 0) is 44.9 Å². The van der Waals surface area contributed by atoms with Gasteiger partial charge in [0, 0.05) is 12.8 Å². The normalized spacial score (nSPS) is 13.7. The molecule has 370 valence electrons. The van der Waals surface area contributed by atoms with Crippen molar-refractivity contribution in [3.63, 3.8) is 0 Å². The van der Waals surface area contributed by atoms with Crippen molar-refractivity contribution in [3.05, 3.63) is 36.5 Å². The Hall–Kier alpha value is -1.77. The highest BCUT2D eigenvalue weighted by molar-refractivity contribution is 7.45. The van der Waals surface area contributed by atoms with E-state index in [-0.39, 0.29) is 26.1 Å². The Balaban J connectivity index is 4.27. The molecule has 0 saturated heterocycles. The van der Waals surface area contributed by atoms with E-state index in [0.717, 1.165) is 44.9 Å². The Labute approximate surface area is 389 Å². The van der Waals surface area contributed by atoms with Crippen LogP contribution in [-0.4, -0.2) is 70.0 Å². The Morgan fingerprint density at radius 1 is 0.492 bits per heavy atom. The number of rotatable bonds is 48. The summed E-state index contributed by atoms with van der Waals surface area (Å²) in [6.07, 6.45) is 53.3. The smallest absolute Gasteiger partial charge is 0.306 e. The maximum absolute atomic E-state index is 12.7. The number of allylic oxidation sites excluding steroid dienone is 6. The van der Waals surface area contributed by atoms with Gasteiger partial charge in [-0.2, -0.15) is 0 Å². The molecule has 10 heteroatoms. The van der Waals surface area contributed by atoms with Gasteiger partial charge < -0.3 is 27.9 Å². The topological polar surface area (TPSA) is 111 Å². The molecule has 9 nitrogen and oxygen atoms in total. The molecular formula is C53H100NO8P. The molecule has 0 aliphatic rings. The molecule has 0 rings (SSSR count). The lowest BCUT2D eigenvalue weighted by atomic mass is 10.0. The predicted octanol–water partition coefficient (Wildman–Crippen LogP) is 15.0. The Kier molecular flexibility index (Phi) is 44.1. The molecule has 0 aliphatic carbocycles. The number of phosphoric ester groups is 1. The van der Waals surface area contributed by atoms with Crippen molar-refractivity contribution in [3.8, 4) is 0 Å². The van der Waals surface area contributed by atoms with Gasteiger partial charge in [0.05, 0.1) is 27.7 Å². The molecule has 0 fully saturated rings. The molecule has 0 bridgehead atoms. The average molecular weight is 910 g/mol. The third-order valence-electron chi connectivity index (χ3n) is 11.4. The van der Waals surface area contributed by atoms with Gasteiger partial charge in [0.2, 0.25) is 0 Å². The number of ether oxygens (including phenoxy) is 2. The summed E-state index contributed by atoms with van der Waals surface area (Å²) < 4.78 is 34.0. The first-order chi connectivity index (χ1) is 30.5. The lowest BCUT2D eigenvalue weighted by molar-refractivity contribution is -0.870. The minimum atomic E-state index is -4.64. The van der Waals surface area contributed by atoms with Gasteiger partial charge in [0.25, 0.3) is 7.82 Å². The van der Waals surface area contributed by atoms with Gasteiger partial charge in [-0.3, -0.25) is 14.2 Å². The van der Waals surface area contributed by atoms with Crippen molar-refractivity contribution in [2.45, 2.75) is 245 Å². The molecule has 63 heavy (non-hydrogen) atoms. The third-order valence-corrected chi connectivity index (χ3v) is 12.4. The average Bonchev–Trinajstić information content (AvgIpc) is 3.24. The fraction of sp³-hybridized carbons (Fsp3) is 0.849. The van der Waals surface area contributed by atoms with Crippen LogP contribution in [-0.2, 0) is 32.7 Å². The van der Waals surface area contributed by atoms with Crippen LogP contribution in [0, 0.1) is 0 Å². The number of phosphoric acid groups is 1. The van der Waals surface area contributed by atoms with Crippen molar-refractivity contribution in [2.24, 2.45) is 0 Å². The summed E-state index contributed by atoms with van der Waals surface area (Å²) in [4.78, 5) is 37.7. The van der Waals surface area contributed by atoms with Crippen LogP contribution in [0.2, 0.25) is 0 Å². The fourth-order valence-electron chi connectivity index (χ4n) is 7.32. The second kappa shape index (κ2) is 45.4. The summed E-state index contributed by atoms with van der Waals surface area (Å²) in [7, 11) is 1.15. The van der Waals surface area contributed by atoms with Crippen LogP contribution in [0.4, 0.5) is 0 Å². The van der Waals surface area contributed by atoms with Gasteiger partial charge in [0.1, 0.15) is 19.8 Å². The maximum Gasteiger partial charge on any atom is 0.306 e. The lowest BCUT2D eigenvalue weighted by Gasteiger charge is -2.28. The lowest BCUT2D eigenvalue weighted by Crippen LogP contribution is -2.37. The molecule has 2 atom stereocenters. The standard InChI is InChI=1S/C53H100NO8P/c1-6-8-10-12-14-16-18-20-22-24-25-26-27-28-30-32-34-36-38-40-42-44-46-53(56)62-51(50-61-63(57,58)60-48-47-54(3,4)5)49-59-52(55)45-43-41-39-37-35-33-31-29-23-21-19-17-15-13-11-9-7-2/h21,23,31,33,37,39,51H,6-20,22,24-30,32,34-36,38,40-50H2,1-5H3/b23-21+,33-31+,39-37+/t51-/m1/s1. The third kappa shape index (κ3) is 49.5. The summed E-state index contributed by atoms with van der Waals surface area (Å²) in [5.41, 5.74) is 0. The molecule has 0 spiro atoms. The molecule has 1 unspecified atom stereocenters. The molecule has 0 saturated carbocycles. The van der Waals surface area contributed by atoms with Crippen LogP contribution in [0.15, 0.2) is 36.5 Å². The molecule has 0 N–H and O–H groups in total. The molecular weight excluding hydrogens is 810 g/mol. The van der Waals surface area contributed by atoms with E-state index in [2.05, 4.69) is 50.3 Å². The Bertz CT molecular complexity index is 1170. The molecule has 0 aromatic carbocycles. The molecule has 0 amide bonds. The number of unbranched alkanes of at least 4 members (excludes halogenated alkanes) is 28. The number of quaternary nitrogens is 1. The summed E-state index contributed by atoms with van der Waals surface area (Å²) in [5.74, 6) is -0.885. The number of carbonyl (C=O) groups excluding carboxylic acids is 2. The minimum Gasteiger partial charge on any atom is -0.756 e. The Morgan fingerprint density at radius 2 is 0.873 bits per heavy atom. The number of likely N-dealkylation sites (N-methyl/N-ethyl adjacent to an activating group) is 1. The zero-order chi connectivity index (χ0) is 46.4. The summed E-state index contributed by atoms with van der Waals surface area (Å²) in [6, 6.07) is 0. The highest BCUT2D eigenvalue weighted by atomic mass is 31.2. The highest BCUT2D eigenvalue weighted by Gasteiger charge is 2.21. The van der Waals surface area contributed by atoms with Gasteiger partial charge >= 0.3 is 11.9 Å². The second-order valence-corrected chi connectivity index (χ2v) is 20.3. The molecule has 0 heterocycles. The van der Waals surface area contributed by atoms with Gasteiger partial charge in [-0.25, -0.2) is 0 Å². The van der Waals surface area contributed by atoms with Gasteiger partial charge in [0.15, 0.2) is 6.10 Å². The zero-order valence-electron chi connectivity index (χ0n) is 41.8. The number of hydrogen-bond donors (Lipinski definition) is 0. The summed E-state index contributed by atoms with van der Waals surface area (Å²) in [6.45, 7) is 4.20. The van der Waals surface area contributed by atoms with E-state index in [0.29, 0.717) is 23.9 Å². The molecule has 0 aromatic heterocycles. The van der Waals surface area contributed by atoms with Crippen molar-refractivity contribution in [2.75, 3.05) is 47.5 Å². The Morgan fingerprint density at radius 3 is 1.32 bits per heavy atom. The van der Waals surface area contributed by atoms with E-state index >= 15 is 0 Å². The monoisotopic (exact) mass is 910 g/mol. The quantitative estimate of drug-likeness (QED) is 0.0195. The molecule has 0 aromatic rings. The maximum atomic E-state index is 12.7. The summed E-state index contributed by atoms with van der Waals surface area (Å²) >= 11 is 0. The van der Waals surface area contributed by atoms with E-state index in [1.807, 2.05) is 21.1 Å². The van der Waals surface area contributed by atoms with Crippen molar-refractivity contribution >= 4 is 19.8 Å². The van der Waals surface area contributed by atoms with Crippen LogP contribution >= 0.6 is 7.82 Å². The van der Waals surface area contributed by atoms with E-state index in [1.165, 1.54) is 154 Å². The van der Waals surface area contributed by atoms with Gasteiger partial charge in [-0.1, -0.05) is 217 Å². The van der Waals surface area contributed by atoms with E-state index in [9.17, 15) is 19.0 Å². The molecule has 0 aliphatic heterocycles. The first kappa shape index (κ1) is 61.2. The van der Waals surface area contributed by atoms with E-state index < -0.39 is 32.5 Å². The largest absolute Gasteiger partial charge is 0.756 e. The van der Waals surface area contributed by atoms with E-state index in [1.54, 1.807) is 0 Å². The van der Waals surface area contributed by atoms with Crippen LogP contribution in [0.25, 0.3) is 0 Å². The van der Waals surface area contributed by atoms with Crippen molar-refractivity contribution < 1.29 is 42.1 Å². The van der Waals surface area contributed by atoms with Crippen LogP contribution in [0.1, 0.15) is 239 Å².